The smallest absolute Gasteiger partial charge is 0.177 e. The van der Waals surface area contributed by atoms with Crippen LogP contribution >= 0.6 is 11.8 Å². The minimum absolute atomic E-state index is 0.405. The van der Waals surface area contributed by atoms with Gasteiger partial charge in [0.1, 0.15) is 0 Å². The van der Waals surface area contributed by atoms with Crippen molar-refractivity contribution in [1.29, 1.82) is 0 Å². The molecule has 1 aromatic rings. The van der Waals surface area contributed by atoms with Crippen LogP contribution in [0.1, 0.15) is 0 Å². The predicted octanol–water partition coefficient (Wildman–Crippen LogP) is -0.195. The van der Waals surface area contributed by atoms with E-state index in [1.807, 2.05) is 16.9 Å². The fourth-order valence-corrected chi connectivity index (χ4v) is 1.28. The van der Waals surface area contributed by atoms with Gasteiger partial charge in [-0.15, -0.1) is 0 Å². The molecular formula is C6H11N5S. The van der Waals surface area contributed by atoms with Crippen molar-refractivity contribution >= 4 is 16.9 Å². The van der Waals surface area contributed by atoms with E-state index < -0.39 is 0 Å². The van der Waals surface area contributed by atoms with Crippen molar-refractivity contribution in [2.24, 2.45) is 16.7 Å². The van der Waals surface area contributed by atoms with Crippen LogP contribution in [-0.4, -0.2) is 20.7 Å². The summed E-state index contributed by atoms with van der Waals surface area (Å²) < 4.78 is 1.83. The molecular weight excluding hydrogens is 174 g/mol. The van der Waals surface area contributed by atoms with Crippen LogP contribution in [0.5, 0.6) is 0 Å². The zero-order chi connectivity index (χ0) is 8.81. The maximum atomic E-state index is 5.37. The van der Waals surface area contributed by atoms with Gasteiger partial charge in [-0.1, -0.05) is 11.8 Å². The van der Waals surface area contributed by atoms with Gasteiger partial charge in [-0.05, 0) is 6.07 Å². The van der Waals surface area contributed by atoms with Gasteiger partial charge in [-0.3, -0.25) is 4.68 Å². The van der Waals surface area contributed by atoms with E-state index >= 15 is 0 Å². The lowest BCUT2D eigenvalue weighted by Crippen LogP contribution is -2.11. The van der Waals surface area contributed by atoms with Gasteiger partial charge in [0.05, 0.1) is 6.54 Å². The molecule has 1 heterocycles. The minimum Gasteiger partial charge on any atom is -0.377 e. The van der Waals surface area contributed by atoms with E-state index in [9.17, 15) is 0 Å². The van der Waals surface area contributed by atoms with Crippen molar-refractivity contribution in [1.82, 2.24) is 9.78 Å². The Kier molecular flexibility index (Phi) is 3.46. The van der Waals surface area contributed by atoms with E-state index in [-0.39, 0.29) is 0 Å². The Labute approximate surface area is 74.8 Å². The third-order valence-electron chi connectivity index (χ3n) is 1.26. The Morgan fingerprint density at radius 3 is 3.08 bits per heavy atom. The third kappa shape index (κ3) is 2.83. The number of rotatable bonds is 3. The summed E-state index contributed by atoms with van der Waals surface area (Å²) >= 11 is 1.42. The summed E-state index contributed by atoms with van der Waals surface area (Å²) in [7, 11) is 0. The van der Waals surface area contributed by atoms with Crippen LogP contribution in [-0.2, 0) is 6.54 Å². The van der Waals surface area contributed by atoms with Gasteiger partial charge in [-0.2, -0.15) is 10.2 Å². The molecule has 0 amide bonds. The first-order chi connectivity index (χ1) is 5.83. The second-order valence-corrected chi connectivity index (χ2v) is 3.20. The van der Waals surface area contributed by atoms with Gasteiger partial charge in [0, 0.05) is 18.1 Å². The zero-order valence-electron chi connectivity index (χ0n) is 6.55. The van der Waals surface area contributed by atoms with E-state index in [0.717, 1.165) is 12.3 Å². The molecule has 0 saturated heterocycles. The van der Waals surface area contributed by atoms with E-state index in [0.29, 0.717) is 5.17 Å². The molecule has 1 aromatic heterocycles. The molecule has 0 bridgehead atoms. The summed E-state index contributed by atoms with van der Waals surface area (Å²) in [5.74, 6) is 5.78. The van der Waals surface area contributed by atoms with E-state index in [1.54, 1.807) is 6.20 Å². The first-order valence-corrected chi connectivity index (χ1v) is 4.45. The van der Waals surface area contributed by atoms with E-state index in [4.69, 9.17) is 11.6 Å². The maximum absolute atomic E-state index is 5.37. The van der Waals surface area contributed by atoms with Gasteiger partial charge in [-0.25, -0.2) is 0 Å². The van der Waals surface area contributed by atoms with Crippen LogP contribution < -0.4 is 11.6 Å². The minimum atomic E-state index is 0.405. The lowest BCUT2D eigenvalue weighted by Gasteiger charge is -1.99. The van der Waals surface area contributed by atoms with Crippen molar-refractivity contribution in [3.05, 3.63) is 18.5 Å². The molecule has 0 spiro atoms. The fourth-order valence-electron chi connectivity index (χ4n) is 0.714. The van der Waals surface area contributed by atoms with Crippen molar-refractivity contribution in [3.8, 4) is 0 Å². The molecule has 0 unspecified atom stereocenters. The topological polar surface area (TPSA) is 82.2 Å². The molecule has 0 aliphatic rings. The van der Waals surface area contributed by atoms with Gasteiger partial charge < -0.3 is 11.6 Å². The van der Waals surface area contributed by atoms with Crippen molar-refractivity contribution in [2.75, 3.05) is 5.75 Å². The molecule has 1 rings (SSSR count). The Bertz CT molecular complexity index is 242. The summed E-state index contributed by atoms with van der Waals surface area (Å²) in [6.45, 7) is 0.813. The number of thioether (sulfide) groups is 1. The average molecular weight is 185 g/mol. The van der Waals surface area contributed by atoms with Crippen LogP contribution in [0.15, 0.2) is 23.6 Å². The van der Waals surface area contributed by atoms with Crippen molar-refractivity contribution in [2.45, 2.75) is 6.54 Å². The van der Waals surface area contributed by atoms with Crippen LogP contribution in [0.2, 0.25) is 0 Å². The normalized spacial score (nSPS) is 11.8. The molecule has 4 N–H and O–H groups in total. The second-order valence-electron chi connectivity index (χ2n) is 2.08. The van der Waals surface area contributed by atoms with Crippen molar-refractivity contribution < 1.29 is 0 Å². The van der Waals surface area contributed by atoms with Crippen LogP contribution in [0, 0.1) is 0 Å². The molecule has 0 atom stereocenters. The summed E-state index contributed by atoms with van der Waals surface area (Å²) in [5.41, 5.74) is 5.37. The van der Waals surface area contributed by atoms with E-state index in [2.05, 4.69) is 10.2 Å². The number of hydrogen-bond donors (Lipinski definition) is 2. The van der Waals surface area contributed by atoms with Crippen LogP contribution in [0.4, 0.5) is 0 Å². The fraction of sp³-hybridized carbons (Fsp3) is 0.333. The standard InChI is InChI=1S/C6H11N5S/c7-6(10-8)12-5-4-11-3-1-2-9-11/h1-3H,4-5,8H2,(H2,7,10). The molecule has 0 aliphatic heterocycles. The molecule has 66 valence electrons. The SMILES string of the molecule is NN=C(N)SCCn1cccn1. The number of nitrogens with two attached hydrogens (primary N) is 2. The van der Waals surface area contributed by atoms with E-state index in [1.165, 1.54) is 11.8 Å². The lowest BCUT2D eigenvalue weighted by molar-refractivity contribution is 0.667. The van der Waals surface area contributed by atoms with Crippen molar-refractivity contribution in [3.63, 3.8) is 0 Å². The van der Waals surface area contributed by atoms with Crippen LogP contribution in [0.25, 0.3) is 0 Å². The highest BCUT2D eigenvalue weighted by molar-refractivity contribution is 8.13. The molecule has 6 heteroatoms. The molecule has 0 aliphatic carbocycles. The first kappa shape index (κ1) is 8.92. The predicted molar refractivity (Wildman–Crippen MR) is 50.5 cm³/mol. The molecule has 12 heavy (non-hydrogen) atoms. The highest BCUT2D eigenvalue weighted by Gasteiger charge is 1.93. The Morgan fingerprint density at radius 2 is 2.50 bits per heavy atom. The number of amidine groups is 1. The first-order valence-electron chi connectivity index (χ1n) is 3.46. The molecule has 0 aromatic carbocycles. The molecule has 0 fully saturated rings. The van der Waals surface area contributed by atoms with Gasteiger partial charge in [0.2, 0.25) is 0 Å². The van der Waals surface area contributed by atoms with Gasteiger partial charge >= 0.3 is 0 Å². The Morgan fingerprint density at radius 1 is 1.67 bits per heavy atom. The van der Waals surface area contributed by atoms with Gasteiger partial charge in [0.15, 0.2) is 5.17 Å². The Balaban J connectivity index is 2.19. The second kappa shape index (κ2) is 4.66. The highest BCUT2D eigenvalue weighted by Crippen LogP contribution is 1.99. The Hall–Kier alpha value is -1.17. The summed E-state index contributed by atoms with van der Waals surface area (Å²) in [6.07, 6.45) is 3.64. The molecule has 0 saturated carbocycles. The number of aromatic nitrogens is 2. The molecule has 0 radical (unpaired) electrons. The summed E-state index contributed by atoms with van der Waals surface area (Å²) in [4.78, 5) is 0. The zero-order valence-corrected chi connectivity index (χ0v) is 7.37. The quantitative estimate of drug-likeness (QED) is 0.296. The maximum Gasteiger partial charge on any atom is 0.177 e. The summed E-state index contributed by atoms with van der Waals surface area (Å²) in [5, 5.41) is 7.77. The highest BCUT2D eigenvalue weighted by atomic mass is 32.2. The van der Waals surface area contributed by atoms with Crippen LogP contribution in [0.3, 0.4) is 0 Å². The number of hydrogen-bond acceptors (Lipinski definition) is 4. The molecule has 5 nitrogen and oxygen atoms in total. The number of aryl methyl sites for hydroxylation is 1. The monoisotopic (exact) mass is 185 g/mol. The number of nitrogens with zero attached hydrogens (tertiary/aromatic N) is 3. The number of hydrazone groups is 1. The summed E-state index contributed by atoms with van der Waals surface area (Å²) in [6, 6.07) is 1.88. The third-order valence-corrected chi connectivity index (χ3v) is 2.04. The average Bonchev–Trinajstić information content (AvgIpc) is 2.57. The van der Waals surface area contributed by atoms with Gasteiger partial charge in [0.25, 0.3) is 0 Å². The lowest BCUT2D eigenvalue weighted by atomic mass is 10.7. The largest absolute Gasteiger partial charge is 0.377 e.